The van der Waals surface area contributed by atoms with Gasteiger partial charge in [0.15, 0.2) is 11.0 Å². The Morgan fingerprint density at radius 1 is 1.28 bits per heavy atom. The Morgan fingerprint density at radius 3 is 2.68 bits per heavy atom. The number of aryl methyl sites for hydroxylation is 2. The smallest absolute Gasteiger partial charge is 0.291 e. The van der Waals surface area contributed by atoms with Gasteiger partial charge in [0.2, 0.25) is 5.76 Å². The summed E-state index contributed by atoms with van der Waals surface area (Å²) in [5.74, 6) is 1.84. The molecule has 1 aliphatic heterocycles. The summed E-state index contributed by atoms with van der Waals surface area (Å²) < 4.78 is 5.78. The normalized spacial score (nSPS) is 18.6. The van der Waals surface area contributed by atoms with Crippen molar-refractivity contribution in [2.24, 2.45) is 5.92 Å². The molecule has 7 heteroatoms. The van der Waals surface area contributed by atoms with Crippen molar-refractivity contribution >= 4 is 22.4 Å². The summed E-state index contributed by atoms with van der Waals surface area (Å²) >= 11 is 1.64. The number of hydrogen-bond acceptors (Lipinski definition) is 6. The Morgan fingerprint density at radius 2 is 2.04 bits per heavy atom. The molecule has 2 aromatic heterocycles. The van der Waals surface area contributed by atoms with Crippen LogP contribution < -0.4 is 5.32 Å². The number of anilines is 1. The molecule has 0 radical (unpaired) electrons. The summed E-state index contributed by atoms with van der Waals surface area (Å²) in [6, 6.07) is 0.371. The second kappa shape index (κ2) is 6.78. The van der Waals surface area contributed by atoms with Gasteiger partial charge in [-0.2, -0.15) is 0 Å². The molecule has 4 rings (SSSR count). The summed E-state index contributed by atoms with van der Waals surface area (Å²) in [7, 11) is 0. The van der Waals surface area contributed by atoms with Crippen LogP contribution in [0.4, 0.5) is 5.13 Å². The molecule has 0 unspecified atom stereocenters. The van der Waals surface area contributed by atoms with E-state index in [0.29, 0.717) is 17.7 Å². The fourth-order valence-electron chi connectivity index (χ4n) is 3.27. The number of piperidine rings is 1. The number of nitrogens with one attached hydrogen (secondary N) is 1. The average molecular weight is 360 g/mol. The zero-order chi connectivity index (χ0) is 17.4. The highest BCUT2D eigenvalue weighted by atomic mass is 32.1. The fourth-order valence-corrected chi connectivity index (χ4v) is 4.04. The first kappa shape index (κ1) is 16.6. The fraction of sp³-hybridized carbons (Fsp3) is 0.611. The third kappa shape index (κ3) is 3.86. The predicted molar refractivity (Wildman–Crippen MR) is 97.1 cm³/mol. The number of carbonyl (C=O) groups excluding carboxylic acids is 1. The van der Waals surface area contributed by atoms with Crippen molar-refractivity contribution < 1.29 is 9.21 Å². The number of oxazole rings is 1. The van der Waals surface area contributed by atoms with Gasteiger partial charge in [0, 0.05) is 30.9 Å². The van der Waals surface area contributed by atoms with E-state index in [1.165, 1.54) is 12.8 Å². The van der Waals surface area contributed by atoms with E-state index in [-0.39, 0.29) is 5.91 Å². The Bertz CT molecular complexity index is 757. The van der Waals surface area contributed by atoms with Gasteiger partial charge >= 0.3 is 0 Å². The first-order valence-electron chi connectivity index (χ1n) is 9.02. The first-order chi connectivity index (χ1) is 12.1. The minimum atomic E-state index is -0.0180. The quantitative estimate of drug-likeness (QED) is 0.885. The highest BCUT2D eigenvalue weighted by Crippen LogP contribution is 2.33. The zero-order valence-corrected chi connectivity index (χ0v) is 15.6. The maximum Gasteiger partial charge on any atom is 0.291 e. The van der Waals surface area contributed by atoms with Gasteiger partial charge in [-0.05, 0) is 45.4 Å². The molecule has 0 bridgehead atoms. The lowest BCUT2D eigenvalue weighted by Crippen LogP contribution is -2.42. The molecule has 0 atom stereocenters. The van der Waals surface area contributed by atoms with Crippen LogP contribution in [0.5, 0.6) is 0 Å². The highest BCUT2D eigenvalue weighted by molar-refractivity contribution is 7.13. The molecule has 1 amide bonds. The van der Waals surface area contributed by atoms with E-state index in [1.54, 1.807) is 11.3 Å². The number of aromatic nitrogens is 2. The van der Waals surface area contributed by atoms with Gasteiger partial charge in [-0.25, -0.2) is 9.97 Å². The van der Waals surface area contributed by atoms with Crippen molar-refractivity contribution in [1.82, 2.24) is 14.9 Å². The summed E-state index contributed by atoms with van der Waals surface area (Å²) in [6.45, 7) is 5.34. The number of thiazole rings is 1. The Kier molecular flexibility index (Phi) is 4.50. The van der Waals surface area contributed by atoms with Crippen molar-refractivity contribution in [2.45, 2.75) is 52.0 Å². The van der Waals surface area contributed by atoms with Crippen molar-refractivity contribution in [3.8, 4) is 0 Å². The lowest BCUT2D eigenvalue weighted by atomic mass is 10.0. The van der Waals surface area contributed by atoms with E-state index < -0.39 is 0 Å². The SMILES string of the molecule is Cc1csc(NC2CCN(C(=O)c3oc(CC4CC4)nc3C)CC2)n1. The minimum absolute atomic E-state index is 0.0180. The number of hydrogen-bond donors (Lipinski definition) is 1. The summed E-state index contributed by atoms with van der Waals surface area (Å²) in [6.07, 6.45) is 5.22. The maximum atomic E-state index is 12.8. The third-order valence-corrected chi connectivity index (χ3v) is 5.82. The number of carbonyl (C=O) groups is 1. The average Bonchev–Trinajstić information content (AvgIpc) is 3.20. The Labute approximate surface area is 151 Å². The van der Waals surface area contributed by atoms with Gasteiger partial charge in [0.05, 0.1) is 11.4 Å². The molecule has 134 valence electrons. The Balaban J connectivity index is 1.33. The summed E-state index contributed by atoms with van der Waals surface area (Å²) in [4.78, 5) is 23.6. The minimum Gasteiger partial charge on any atom is -0.435 e. The van der Waals surface area contributed by atoms with Crippen molar-refractivity contribution in [3.63, 3.8) is 0 Å². The van der Waals surface area contributed by atoms with E-state index in [1.807, 2.05) is 24.1 Å². The predicted octanol–water partition coefficient (Wildman–Crippen LogP) is 3.42. The molecular weight excluding hydrogens is 336 g/mol. The highest BCUT2D eigenvalue weighted by Gasteiger charge is 2.29. The van der Waals surface area contributed by atoms with E-state index in [4.69, 9.17) is 4.42 Å². The van der Waals surface area contributed by atoms with Crippen molar-refractivity contribution in [2.75, 3.05) is 18.4 Å². The number of rotatable bonds is 5. The molecule has 3 heterocycles. The second-order valence-electron chi connectivity index (χ2n) is 7.17. The van der Waals surface area contributed by atoms with Crippen LogP contribution in [0.3, 0.4) is 0 Å². The molecular formula is C18H24N4O2S. The molecule has 0 aromatic carbocycles. The van der Waals surface area contributed by atoms with Crippen LogP contribution in [0.15, 0.2) is 9.80 Å². The van der Waals surface area contributed by atoms with Gasteiger partial charge in [-0.15, -0.1) is 11.3 Å². The van der Waals surface area contributed by atoms with Gasteiger partial charge < -0.3 is 14.6 Å². The molecule has 6 nitrogen and oxygen atoms in total. The molecule has 1 saturated carbocycles. The van der Waals surface area contributed by atoms with Crippen LogP contribution in [0.1, 0.15) is 53.5 Å². The van der Waals surface area contributed by atoms with Gasteiger partial charge in [-0.3, -0.25) is 4.79 Å². The van der Waals surface area contributed by atoms with E-state index in [0.717, 1.165) is 54.8 Å². The van der Waals surface area contributed by atoms with Gasteiger partial charge in [0.1, 0.15) is 0 Å². The van der Waals surface area contributed by atoms with E-state index >= 15 is 0 Å². The van der Waals surface area contributed by atoms with Crippen LogP contribution in [0.25, 0.3) is 0 Å². The van der Waals surface area contributed by atoms with Gasteiger partial charge in [0.25, 0.3) is 5.91 Å². The lowest BCUT2D eigenvalue weighted by Gasteiger charge is -2.31. The number of likely N-dealkylation sites (tertiary alicyclic amines) is 1. The largest absolute Gasteiger partial charge is 0.435 e. The Hall–Kier alpha value is -1.89. The molecule has 25 heavy (non-hydrogen) atoms. The van der Waals surface area contributed by atoms with Crippen LogP contribution >= 0.6 is 11.3 Å². The molecule has 1 aliphatic carbocycles. The molecule has 2 aliphatic rings. The molecule has 2 fully saturated rings. The second-order valence-corrected chi connectivity index (χ2v) is 8.03. The lowest BCUT2D eigenvalue weighted by molar-refractivity contribution is 0.0683. The maximum absolute atomic E-state index is 12.8. The molecule has 2 aromatic rings. The van der Waals surface area contributed by atoms with Crippen LogP contribution in [0.2, 0.25) is 0 Å². The van der Waals surface area contributed by atoms with Crippen LogP contribution in [-0.2, 0) is 6.42 Å². The van der Waals surface area contributed by atoms with Crippen LogP contribution in [0, 0.1) is 19.8 Å². The number of nitrogens with zero attached hydrogens (tertiary/aromatic N) is 3. The first-order valence-corrected chi connectivity index (χ1v) is 9.90. The number of amides is 1. The summed E-state index contributed by atoms with van der Waals surface area (Å²) in [5, 5.41) is 6.50. The van der Waals surface area contributed by atoms with E-state index in [2.05, 4.69) is 15.3 Å². The molecule has 0 spiro atoms. The summed E-state index contributed by atoms with van der Waals surface area (Å²) in [5.41, 5.74) is 1.77. The van der Waals surface area contributed by atoms with Crippen molar-refractivity contribution in [3.05, 3.63) is 28.4 Å². The topological polar surface area (TPSA) is 71.3 Å². The van der Waals surface area contributed by atoms with Gasteiger partial charge in [-0.1, -0.05) is 0 Å². The van der Waals surface area contributed by atoms with E-state index in [9.17, 15) is 4.79 Å². The van der Waals surface area contributed by atoms with Crippen molar-refractivity contribution in [1.29, 1.82) is 0 Å². The standard InChI is InChI=1S/C18H24N4O2S/c1-11-10-25-18(19-11)21-14-5-7-22(8-6-14)17(23)16-12(2)20-15(24-16)9-13-3-4-13/h10,13-14H,3-9H2,1-2H3,(H,19,21). The monoisotopic (exact) mass is 360 g/mol. The van der Waals surface area contributed by atoms with Crippen LogP contribution in [-0.4, -0.2) is 39.9 Å². The third-order valence-electron chi connectivity index (χ3n) is 4.92. The zero-order valence-electron chi connectivity index (χ0n) is 14.7. The molecule has 1 saturated heterocycles. The molecule has 1 N–H and O–H groups in total.